The van der Waals surface area contributed by atoms with Crippen LogP contribution >= 0.6 is 45.9 Å². The maximum atomic E-state index is 11.1. The van der Waals surface area contributed by atoms with E-state index in [1.165, 1.54) is 22.7 Å². The van der Waals surface area contributed by atoms with E-state index in [9.17, 15) is 9.59 Å². The number of aromatic carboxylic acids is 2. The van der Waals surface area contributed by atoms with E-state index in [2.05, 4.69) is 30.6 Å². The minimum atomic E-state index is -0.972. The van der Waals surface area contributed by atoms with Gasteiger partial charge in [0.15, 0.2) is 10.3 Å². The summed E-state index contributed by atoms with van der Waals surface area (Å²) >= 11 is 15.0. The Morgan fingerprint density at radius 2 is 1.02 bits per heavy atom. The number of rotatable bonds is 6. The normalized spacial score (nSPS) is 11.2. The first-order chi connectivity index (χ1) is 23.0. The second-order valence-electron chi connectivity index (χ2n) is 10.5. The number of carboxylic acid groups (broad SMARTS) is 2. The summed E-state index contributed by atoms with van der Waals surface area (Å²) in [6.07, 6.45) is 0. The number of fused-ring (bicyclic) bond motifs is 4. The van der Waals surface area contributed by atoms with Crippen molar-refractivity contribution in [2.75, 3.05) is 10.6 Å². The van der Waals surface area contributed by atoms with E-state index in [0.29, 0.717) is 43.2 Å². The molecule has 0 aliphatic carbocycles. The zero-order valence-corrected chi connectivity index (χ0v) is 28.0. The van der Waals surface area contributed by atoms with Crippen LogP contribution in [0.3, 0.4) is 0 Å². The van der Waals surface area contributed by atoms with Gasteiger partial charge in [0, 0.05) is 24.1 Å². The lowest BCUT2D eigenvalue weighted by Crippen LogP contribution is -1.98. The molecule has 0 aliphatic heterocycles. The van der Waals surface area contributed by atoms with Crippen LogP contribution in [0.1, 0.15) is 20.7 Å². The standard InChI is InChI=1S/2C16H11ClN4O2S/c2*1-21-12-5-2-8(14(22)23)6-11(12)18-15(21)20-16-19-10-4-3-9(17)7-13(10)24-16/h2*2-7H,1H3,(H,22,23)(H,18,19,20). The van der Waals surface area contributed by atoms with Gasteiger partial charge in [-0.05, 0) is 72.8 Å². The molecule has 0 saturated heterocycles. The van der Waals surface area contributed by atoms with E-state index in [1.807, 2.05) is 47.5 Å². The Balaban J connectivity index is 0.000000152. The largest absolute Gasteiger partial charge is 0.478 e. The molecule has 8 rings (SSSR count). The number of halogens is 2. The minimum Gasteiger partial charge on any atom is -0.478 e. The van der Waals surface area contributed by atoms with Gasteiger partial charge in [-0.15, -0.1) is 0 Å². The summed E-state index contributed by atoms with van der Waals surface area (Å²) in [5, 5.41) is 27.3. The van der Waals surface area contributed by atoms with Gasteiger partial charge in [-0.1, -0.05) is 45.9 Å². The number of imidazole rings is 2. The van der Waals surface area contributed by atoms with E-state index in [1.54, 1.807) is 48.5 Å². The summed E-state index contributed by atoms with van der Waals surface area (Å²) in [6.45, 7) is 0. The Labute approximate surface area is 288 Å². The van der Waals surface area contributed by atoms with Gasteiger partial charge in [-0.3, -0.25) is 0 Å². The zero-order valence-electron chi connectivity index (χ0n) is 24.9. The molecule has 0 bridgehead atoms. The summed E-state index contributed by atoms with van der Waals surface area (Å²) in [6, 6.07) is 20.8. The molecule has 0 saturated carbocycles. The van der Waals surface area contributed by atoms with Crippen LogP contribution in [0.4, 0.5) is 22.2 Å². The maximum absolute atomic E-state index is 11.1. The van der Waals surface area contributed by atoms with Crippen molar-refractivity contribution >= 4 is 122 Å². The number of nitrogens with one attached hydrogen (secondary N) is 2. The number of hydrogen-bond acceptors (Lipinski definition) is 10. The van der Waals surface area contributed by atoms with Crippen molar-refractivity contribution in [2.45, 2.75) is 0 Å². The monoisotopic (exact) mass is 716 g/mol. The predicted octanol–water partition coefficient (Wildman–Crippen LogP) is 8.56. The van der Waals surface area contributed by atoms with Crippen LogP contribution in [-0.2, 0) is 14.1 Å². The molecular weight excluding hydrogens is 695 g/mol. The fourth-order valence-corrected chi connectivity index (χ4v) is 7.26. The average Bonchev–Trinajstić information content (AvgIpc) is 3.80. The van der Waals surface area contributed by atoms with Gasteiger partial charge >= 0.3 is 11.9 Å². The molecule has 12 nitrogen and oxygen atoms in total. The lowest BCUT2D eigenvalue weighted by atomic mass is 10.2. The van der Waals surface area contributed by atoms with Crippen molar-refractivity contribution < 1.29 is 19.8 Å². The first-order valence-corrected chi connectivity index (χ1v) is 16.5. The molecule has 0 amide bonds. The first kappa shape index (κ1) is 31.3. The number of nitrogens with zero attached hydrogens (tertiary/aromatic N) is 6. The fraction of sp³-hybridized carbons (Fsp3) is 0.0625. The number of hydrogen-bond donors (Lipinski definition) is 4. The highest BCUT2D eigenvalue weighted by Crippen LogP contribution is 2.32. The average molecular weight is 718 g/mol. The molecule has 0 fully saturated rings. The van der Waals surface area contributed by atoms with Crippen molar-refractivity contribution in [3.63, 3.8) is 0 Å². The Morgan fingerprint density at radius 1 is 0.604 bits per heavy atom. The number of anilines is 4. The van der Waals surface area contributed by atoms with Crippen LogP contribution in [0.25, 0.3) is 42.5 Å². The Bertz CT molecular complexity index is 2380. The van der Waals surface area contributed by atoms with Crippen molar-refractivity contribution in [3.8, 4) is 0 Å². The second-order valence-corrected chi connectivity index (χ2v) is 13.5. The molecule has 0 atom stereocenters. The highest BCUT2D eigenvalue weighted by Gasteiger charge is 2.15. The highest BCUT2D eigenvalue weighted by atomic mass is 35.5. The summed E-state index contributed by atoms with van der Waals surface area (Å²) in [5.74, 6) is -0.754. The van der Waals surface area contributed by atoms with Crippen LogP contribution in [-0.4, -0.2) is 51.2 Å². The quantitative estimate of drug-likeness (QED) is 0.131. The van der Waals surface area contributed by atoms with Crippen molar-refractivity contribution in [2.24, 2.45) is 14.1 Å². The molecule has 240 valence electrons. The predicted molar refractivity (Wildman–Crippen MR) is 191 cm³/mol. The molecule has 8 aromatic rings. The topological polar surface area (TPSA) is 160 Å². The van der Waals surface area contributed by atoms with Gasteiger partial charge in [-0.25, -0.2) is 29.5 Å². The zero-order chi connectivity index (χ0) is 33.7. The lowest BCUT2D eigenvalue weighted by molar-refractivity contribution is 0.0686. The van der Waals surface area contributed by atoms with E-state index >= 15 is 0 Å². The molecule has 0 unspecified atom stereocenters. The molecule has 4 N–H and O–H groups in total. The second kappa shape index (κ2) is 12.4. The summed E-state index contributed by atoms with van der Waals surface area (Å²) < 4.78 is 5.69. The molecule has 4 aromatic heterocycles. The smallest absolute Gasteiger partial charge is 0.335 e. The summed E-state index contributed by atoms with van der Waals surface area (Å²) in [7, 11) is 3.73. The van der Waals surface area contributed by atoms with E-state index in [4.69, 9.17) is 33.4 Å². The first-order valence-electron chi connectivity index (χ1n) is 14.1. The van der Waals surface area contributed by atoms with Crippen molar-refractivity contribution in [1.82, 2.24) is 29.1 Å². The van der Waals surface area contributed by atoms with Gasteiger partial charge in [0.2, 0.25) is 11.9 Å². The van der Waals surface area contributed by atoms with Gasteiger partial charge in [-0.2, -0.15) is 0 Å². The molecule has 0 spiro atoms. The Kier molecular flexibility index (Phi) is 8.09. The van der Waals surface area contributed by atoms with Gasteiger partial charge in [0.1, 0.15) is 0 Å². The summed E-state index contributed by atoms with van der Waals surface area (Å²) in [5.41, 5.74) is 5.05. The van der Waals surface area contributed by atoms with Crippen LogP contribution < -0.4 is 10.6 Å². The van der Waals surface area contributed by atoms with Crippen LogP contribution in [0.2, 0.25) is 10.0 Å². The molecule has 48 heavy (non-hydrogen) atoms. The van der Waals surface area contributed by atoms with Crippen molar-refractivity contribution in [1.29, 1.82) is 0 Å². The number of thiazole rings is 2. The molecule has 0 aliphatic rings. The molecule has 16 heteroatoms. The van der Waals surface area contributed by atoms with Crippen LogP contribution in [0, 0.1) is 0 Å². The van der Waals surface area contributed by atoms with Crippen LogP contribution in [0.5, 0.6) is 0 Å². The SMILES string of the molecule is Cn1c(Nc2nc3ccc(Cl)cc3s2)nc2cc(C(=O)O)ccc21.Cn1c(Nc2nc3ccc(Cl)cc3s2)nc2cc(C(=O)O)ccc21. The number of aromatic nitrogens is 6. The highest BCUT2D eigenvalue weighted by molar-refractivity contribution is 7.22. The Hall–Kier alpha value is -5.28. The number of aryl methyl sites for hydroxylation is 2. The lowest BCUT2D eigenvalue weighted by Gasteiger charge is -2.02. The molecular formula is C32H22Cl2N8O4S2. The van der Waals surface area contributed by atoms with Crippen molar-refractivity contribution in [3.05, 3.63) is 94.0 Å². The van der Waals surface area contributed by atoms with E-state index in [0.717, 1.165) is 31.5 Å². The number of benzene rings is 4. The molecule has 4 aromatic carbocycles. The fourth-order valence-electron chi connectivity index (χ4n) is 4.98. The minimum absolute atomic E-state index is 0.210. The summed E-state index contributed by atoms with van der Waals surface area (Å²) in [4.78, 5) is 40.1. The number of carbonyl (C=O) groups is 2. The van der Waals surface area contributed by atoms with Crippen LogP contribution in [0.15, 0.2) is 72.8 Å². The third kappa shape index (κ3) is 6.09. The van der Waals surface area contributed by atoms with E-state index in [-0.39, 0.29) is 11.1 Å². The Morgan fingerprint density at radius 3 is 1.42 bits per heavy atom. The van der Waals surface area contributed by atoms with E-state index < -0.39 is 11.9 Å². The van der Waals surface area contributed by atoms with Gasteiger partial charge in [0.25, 0.3) is 0 Å². The molecule has 0 radical (unpaired) electrons. The third-order valence-electron chi connectivity index (χ3n) is 7.39. The third-order valence-corrected chi connectivity index (χ3v) is 9.73. The van der Waals surface area contributed by atoms with Gasteiger partial charge in [0.05, 0.1) is 53.6 Å². The van der Waals surface area contributed by atoms with Gasteiger partial charge < -0.3 is 30.0 Å². The number of carboxylic acids is 2. The molecule has 4 heterocycles. The maximum Gasteiger partial charge on any atom is 0.335 e.